The lowest BCUT2D eigenvalue weighted by atomic mass is 9.96. The molecule has 0 aliphatic rings. The van der Waals surface area contributed by atoms with Gasteiger partial charge in [-0.1, -0.05) is 5.16 Å². The van der Waals surface area contributed by atoms with Crippen LogP contribution in [0.25, 0.3) is 0 Å². The van der Waals surface area contributed by atoms with Crippen molar-refractivity contribution in [1.29, 1.82) is 0 Å². The number of carbonyl (C=O) groups is 1. The predicted octanol–water partition coefficient (Wildman–Crippen LogP) is 1.52. The zero-order chi connectivity index (χ0) is 14.0. The fourth-order valence-electron chi connectivity index (χ4n) is 1.93. The average Bonchev–Trinajstić information content (AvgIpc) is 2.96. The van der Waals surface area contributed by atoms with E-state index in [1.165, 1.54) is 12.3 Å². The zero-order valence-electron chi connectivity index (χ0n) is 11.1. The van der Waals surface area contributed by atoms with Crippen molar-refractivity contribution in [2.24, 2.45) is 0 Å². The van der Waals surface area contributed by atoms with Crippen LogP contribution in [0, 0.1) is 13.8 Å². The topological polar surface area (TPSA) is 88.5 Å². The highest BCUT2D eigenvalue weighted by molar-refractivity contribution is 5.91. The van der Waals surface area contributed by atoms with Gasteiger partial charge in [0, 0.05) is 11.6 Å². The first-order chi connectivity index (χ1) is 8.90. The van der Waals surface area contributed by atoms with Crippen molar-refractivity contribution in [2.45, 2.75) is 26.4 Å². The second kappa shape index (κ2) is 4.89. The monoisotopic (exact) mass is 264 g/mol. The summed E-state index contributed by atoms with van der Waals surface area (Å²) in [6.45, 7) is 5.25. The van der Waals surface area contributed by atoms with E-state index in [9.17, 15) is 9.90 Å². The quantitative estimate of drug-likeness (QED) is 0.874. The number of nitrogens with one attached hydrogen (secondary N) is 1. The Balaban J connectivity index is 2.06. The third-order valence-corrected chi connectivity index (χ3v) is 2.88. The third-order valence-electron chi connectivity index (χ3n) is 2.88. The van der Waals surface area contributed by atoms with Gasteiger partial charge in [-0.3, -0.25) is 4.79 Å². The van der Waals surface area contributed by atoms with E-state index in [-0.39, 0.29) is 12.2 Å². The molecular formula is C13H16N2O4. The first-order valence-corrected chi connectivity index (χ1v) is 5.88. The number of aliphatic hydroxyl groups is 1. The number of hydrogen-bond acceptors (Lipinski definition) is 5. The number of furan rings is 1. The molecular weight excluding hydrogens is 248 g/mol. The lowest BCUT2D eigenvalue weighted by Crippen LogP contribution is -2.38. The van der Waals surface area contributed by atoms with Crippen molar-refractivity contribution in [2.75, 3.05) is 6.54 Å². The van der Waals surface area contributed by atoms with E-state index < -0.39 is 11.5 Å². The van der Waals surface area contributed by atoms with Crippen LogP contribution in [0.5, 0.6) is 0 Å². The van der Waals surface area contributed by atoms with Crippen LogP contribution in [0.3, 0.4) is 0 Å². The fraction of sp³-hybridized carbons (Fsp3) is 0.385. The van der Waals surface area contributed by atoms with E-state index in [1.54, 1.807) is 26.8 Å². The van der Waals surface area contributed by atoms with Crippen molar-refractivity contribution >= 4 is 5.91 Å². The molecule has 0 aliphatic heterocycles. The molecule has 0 spiro atoms. The largest absolute Gasteiger partial charge is 0.466 e. The highest BCUT2D eigenvalue weighted by atomic mass is 16.5. The van der Waals surface area contributed by atoms with E-state index in [0.29, 0.717) is 11.3 Å². The van der Waals surface area contributed by atoms with Gasteiger partial charge in [-0.2, -0.15) is 0 Å². The smallest absolute Gasteiger partial charge is 0.273 e. The van der Waals surface area contributed by atoms with Gasteiger partial charge in [-0.25, -0.2) is 0 Å². The van der Waals surface area contributed by atoms with Crippen LogP contribution in [-0.4, -0.2) is 22.7 Å². The maximum absolute atomic E-state index is 11.7. The Labute approximate surface area is 110 Å². The summed E-state index contributed by atoms with van der Waals surface area (Å²) in [4.78, 5) is 11.7. The Morgan fingerprint density at radius 1 is 1.53 bits per heavy atom. The molecule has 102 valence electrons. The van der Waals surface area contributed by atoms with E-state index in [2.05, 4.69) is 15.0 Å². The minimum Gasteiger partial charge on any atom is -0.466 e. The van der Waals surface area contributed by atoms with Crippen LogP contribution < -0.4 is 5.32 Å². The predicted molar refractivity (Wildman–Crippen MR) is 66.6 cm³/mol. The molecule has 0 aromatic carbocycles. The Morgan fingerprint density at radius 3 is 2.79 bits per heavy atom. The van der Waals surface area contributed by atoms with Crippen LogP contribution in [0.1, 0.15) is 34.5 Å². The summed E-state index contributed by atoms with van der Waals surface area (Å²) in [6, 6.07) is 3.22. The van der Waals surface area contributed by atoms with Crippen LogP contribution in [-0.2, 0) is 5.60 Å². The summed E-state index contributed by atoms with van der Waals surface area (Å²) in [6.07, 6.45) is 1.32. The van der Waals surface area contributed by atoms with Crippen LogP contribution in [0.2, 0.25) is 0 Å². The summed E-state index contributed by atoms with van der Waals surface area (Å²) >= 11 is 0. The number of hydrogen-bond donors (Lipinski definition) is 2. The maximum Gasteiger partial charge on any atom is 0.273 e. The Morgan fingerprint density at radius 2 is 2.26 bits per heavy atom. The lowest BCUT2D eigenvalue weighted by molar-refractivity contribution is 0.0511. The van der Waals surface area contributed by atoms with Gasteiger partial charge in [-0.15, -0.1) is 0 Å². The maximum atomic E-state index is 11.7. The number of rotatable bonds is 4. The average molecular weight is 264 g/mol. The zero-order valence-corrected chi connectivity index (χ0v) is 11.1. The molecule has 0 fully saturated rings. The minimum absolute atomic E-state index is 0.0541. The van der Waals surface area contributed by atoms with E-state index >= 15 is 0 Å². The number of aromatic nitrogens is 1. The number of aryl methyl sites for hydroxylation is 2. The molecule has 1 atom stereocenters. The van der Waals surface area contributed by atoms with Gasteiger partial charge in [0.1, 0.15) is 23.4 Å². The second-order valence-corrected chi connectivity index (χ2v) is 4.67. The molecule has 0 saturated heterocycles. The molecule has 6 heteroatoms. The normalized spacial score (nSPS) is 14.1. The van der Waals surface area contributed by atoms with Gasteiger partial charge in [0.25, 0.3) is 5.91 Å². The Hall–Kier alpha value is -2.08. The van der Waals surface area contributed by atoms with Gasteiger partial charge >= 0.3 is 0 Å². The molecule has 0 aliphatic carbocycles. The highest BCUT2D eigenvalue weighted by Gasteiger charge is 2.28. The van der Waals surface area contributed by atoms with Gasteiger partial charge < -0.3 is 19.4 Å². The second-order valence-electron chi connectivity index (χ2n) is 4.67. The van der Waals surface area contributed by atoms with Crippen LogP contribution >= 0.6 is 0 Å². The van der Waals surface area contributed by atoms with Crippen molar-refractivity contribution in [1.82, 2.24) is 10.5 Å². The van der Waals surface area contributed by atoms with Gasteiger partial charge in [0.05, 0.1) is 6.54 Å². The van der Waals surface area contributed by atoms with Gasteiger partial charge in [-0.05, 0) is 26.8 Å². The molecule has 1 amide bonds. The molecule has 2 aromatic heterocycles. The van der Waals surface area contributed by atoms with Crippen molar-refractivity contribution in [3.8, 4) is 0 Å². The molecule has 0 bridgehead atoms. The van der Waals surface area contributed by atoms with Crippen molar-refractivity contribution in [3.63, 3.8) is 0 Å². The summed E-state index contributed by atoms with van der Waals surface area (Å²) < 4.78 is 9.97. The molecule has 2 N–H and O–H groups in total. The highest BCUT2D eigenvalue weighted by Crippen LogP contribution is 2.26. The summed E-state index contributed by atoms with van der Waals surface area (Å²) in [5.74, 6) is 0.959. The molecule has 1 unspecified atom stereocenters. The SMILES string of the molecule is Cc1cc(C(C)(O)CNC(=O)c2ccon2)c(C)o1. The van der Waals surface area contributed by atoms with Gasteiger partial charge in [0.2, 0.25) is 0 Å². The molecule has 0 saturated carbocycles. The molecule has 0 radical (unpaired) electrons. The van der Waals surface area contributed by atoms with Crippen molar-refractivity contribution < 1.29 is 18.8 Å². The third kappa shape index (κ3) is 2.85. The standard InChI is InChI=1S/C13H16N2O4/c1-8-6-10(9(2)19-8)13(3,17)7-14-12(16)11-4-5-18-15-11/h4-6,17H,7H2,1-3H3,(H,14,16). The summed E-state index contributed by atoms with van der Waals surface area (Å²) in [5.41, 5.74) is -0.373. The fourth-order valence-corrected chi connectivity index (χ4v) is 1.93. The lowest BCUT2D eigenvalue weighted by Gasteiger charge is -2.23. The molecule has 2 rings (SSSR count). The Bertz CT molecular complexity index is 569. The van der Waals surface area contributed by atoms with E-state index in [4.69, 9.17) is 4.42 Å². The van der Waals surface area contributed by atoms with Crippen LogP contribution in [0.4, 0.5) is 0 Å². The summed E-state index contributed by atoms with van der Waals surface area (Å²) in [7, 11) is 0. The number of carbonyl (C=O) groups excluding carboxylic acids is 1. The van der Waals surface area contributed by atoms with Crippen molar-refractivity contribution in [3.05, 3.63) is 41.2 Å². The molecule has 2 aromatic rings. The van der Waals surface area contributed by atoms with E-state index in [0.717, 1.165) is 5.76 Å². The van der Waals surface area contributed by atoms with Crippen LogP contribution in [0.15, 0.2) is 27.3 Å². The van der Waals surface area contributed by atoms with Gasteiger partial charge in [0.15, 0.2) is 5.69 Å². The first kappa shape index (κ1) is 13.4. The Kier molecular flexibility index (Phi) is 3.44. The summed E-state index contributed by atoms with van der Waals surface area (Å²) in [5, 5.41) is 16.5. The first-order valence-electron chi connectivity index (χ1n) is 5.88. The number of nitrogens with zero attached hydrogens (tertiary/aromatic N) is 1. The molecule has 2 heterocycles. The van der Waals surface area contributed by atoms with E-state index in [1.807, 2.05) is 0 Å². The molecule has 19 heavy (non-hydrogen) atoms. The number of amides is 1. The molecule has 6 nitrogen and oxygen atoms in total. The minimum atomic E-state index is -1.21.